The highest BCUT2D eigenvalue weighted by Gasteiger charge is 2.32. The van der Waals surface area contributed by atoms with Crippen LogP contribution in [0.3, 0.4) is 0 Å². The summed E-state index contributed by atoms with van der Waals surface area (Å²) < 4.78 is 11.8. The van der Waals surface area contributed by atoms with Crippen molar-refractivity contribution in [1.82, 2.24) is 15.1 Å². The topological polar surface area (TPSA) is 49.3 Å². The molecule has 2 saturated heterocycles. The zero-order chi connectivity index (χ0) is 19.8. The standard InChI is InChI=1S/C22H36N4O2/c1-4-23-22(26-12-14-28-21(17-26)20-11-8-13-27-20)24-15-18(2)25(3)16-19-9-6-5-7-10-19/h5-7,9-10,18,20-21H,4,8,11-17H2,1-3H3,(H,23,24). The molecule has 3 unspecified atom stereocenters. The summed E-state index contributed by atoms with van der Waals surface area (Å²) in [6, 6.07) is 11.0. The summed E-state index contributed by atoms with van der Waals surface area (Å²) in [5.41, 5.74) is 1.33. The maximum absolute atomic E-state index is 5.99. The van der Waals surface area contributed by atoms with Crippen molar-refractivity contribution in [3.63, 3.8) is 0 Å². The molecule has 2 fully saturated rings. The van der Waals surface area contributed by atoms with Gasteiger partial charge in [0.15, 0.2) is 5.96 Å². The lowest BCUT2D eigenvalue weighted by Crippen LogP contribution is -2.53. The average molecular weight is 389 g/mol. The molecule has 0 spiro atoms. The van der Waals surface area contributed by atoms with Gasteiger partial charge in [0.2, 0.25) is 0 Å². The quantitative estimate of drug-likeness (QED) is 0.574. The molecular weight excluding hydrogens is 352 g/mol. The number of nitrogens with zero attached hydrogens (tertiary/aromatic N) is 3. The van der Waals surface area contributed by atoms with E-state index in [1.165, 1.54) is 5.56 Å². The highest BCUT2D eigenvalue weighted by Crippen LogP contribution is 2.21. The molecule has 156 valence electrons. The van der Waals surface area contributed by atoms with Crippen molar-refractivity contribution >= 4 is 5.96 Å². The zero-order valence-electron chi connectivity index (χ0n) is 17.6. The minimum Gasteiger partial charge on any atom is -0.375 e. The molecule has 6 heteroatoms. The van der Waals surface area contributed by atoms with E-state index in [2.05, 4.69) is 66.3 Å². The van der Waals surface area contributed by atoms with Crippen LogP contribution in [0.5, 0.6) is 0 Å². The monoisotopic (exact) mass is 388 g/mol. The van der Waals surface area contributed by atoms with Crippen LogP contribution in [0, 0.1) is 0 Å². The molecule has 2 aliphatic heterocycles. The molecule has 0 bridgehead atoms. The van der Waals surface area contributed by atoms with Crippen LogP contribution >= 0.6 is 0 Å². The summed E-state index contributed by atoms with van der Waals surface area (Å²) in [5, 5.41) is 3.47. The molecule has 6 nitrogen and oxygen atoms in total. The van der Waals surface area contributed by atoms with Crippen molar-refractivity contribution in [2.24, 2.45) is 4.99 Å². The van der Waals surface area contributed by atoms with Crippen LogP contribution in [-0.2, 0) is 16.0 Å². The van der Waals surface area contributed by atoms with Gasteiger partial charge in [-0.3, -0.25) is 9.89 Å². The average Bonchev–Trinajstić information content (AvgIpc) is 3.26. The molecule has 0 saturated carbocycles. The highest BCUT2D eigenvalue weighted by molar-refractivity contribution is 5.80. The fourth-order valence-corrected chi connectivity index (χ4v) is 3.80. The summed E-state index contributed by atoms with van der Waals surface area (Å²) in [6.45, 7) is 10.3. The van der Waals surface area contributed by atoms with E-state index < -0.39 is 0 Å². The first-order valence-corrected chi connectivity index (χ1v) is 10.7. The molecule has 1 aromatic rings. The van der Waals surface area contributed by atoms with Crippen molar-refractivity contribution in [2.45, 2.75) is 51.5 Å². The van der Waals surface area contributed by atoms with Gasteiger partial charge < -0.3 is 19.7 Å². The van der Waals surface area contributed by atoms with E-state index in [0.29, 0.717) is 6.04 Å². The first kappa shape index (κ1) is 21.1. The van der Waals surface area contributed by atoms with Gasteiger partial charge in [-0.1, -0.05) is 30.3 Å². The molecule has 0 aromatic heterocycles. The Bertz CT molecular complexity index is 604. The predicted octanol–water partition coefficient (Wildman–Crippen LogP) is 2.35. The number of ether oxygens (including phenoxy) is 2. The zero-order valence-corrected chi connectivity index (χ0v) is 17.6. The van der Waals surface area contributed by atoms with Gasteiger partial charge in [-0.2, -0.15) is 0 Å². The number of aliphatic imine (C=N–C) groups is 1. The Labute approximate surface area is 169 Å². The van der Waals surface area contributed by atoms with Gasteiger partial charge in [0.25, 0.3) is 0 Å². The van der Waals surface area contributed by atoms with Crippen LogP contribution in [0.1, 0.15) is 32.3 Å². The predicted molar refractivity (Wildman–Crippen MR) is 114 cm³/mol. The maximum atomic E-state index is 5.99. The lowest BCUT2D eigenvalue weighted by Gasteiger charge is -2.37. The summed E-state index contributed by atoms with van der Waals surface area (Å²) in [4.78, 5) is 9.65. The molecule has 3 atom stereocenters. The third-order valence-corrected chi connectivity index (χ3v) is 5.64. The number of likely N-dealkylation sites (N-methyl/N-ethyl adjacent to an activating group) is 1. The molecule has 3 rings (SSSR count). The first-order valence-electron chi connectivity index (χ1n) is 10.7. The summed E-state index contributed by atoms with van der Waals surface area (Å²) >= 11 is 0. The maximum Gasteiger partial charge on any atom is 0.194 e. The van der Waals surface area contributed by atoms with E-state index in [9.17, 15) is 0 Å². The molecule has 0 amide bonds. The molecule has 2 heterocycles. The Morgan fingerprint density at radius 1 is 1.25 bits per heavy atom. The van der Waals surface area contributed by atoms with Gasteiger partial charge in [-0.15, -0.1) is 0 Å². The van der Waals surface area contributed by atoms with Gasteiger partial charge in [0.05, 0.1) is 19.3 Å². The van der Waals surface area contributed by atoms with E-state index in [1.807, 2.05) is 0 Å². The van der Waals surface area contributed by atoms with Crippen molar-refractivity contribution in [2.75, 3.05) is 46.4 Å². The lowest BCUT2D eigenvalue weighted by molar-refractivity contribution is -0.0817. The summed E-state index contributed by atoms with van der Waals surface area (Å²) in [6.07, 6.45) is 2.64. The number of hydrogen-bond donors (Lipinski definition) is 1. The highest BCUT2D eigenvalue weighted by atomic mass is 16.5. The fraction of sp³-hybridized carbons (Fsp3) is 0.682. The number of guanidine groups is 1. The number of rotatable bonds is 7. The van der Waals surface area contributed by atoms with Crippen molar-refractivity contribution in [3.05, 3.63) is 35.9 Å². The minimum atomic E-state index is 0.151. The van der Waals surface area contributed by atoms with E-state index in [0.717, 1.165) is 64.7 Å². The molecule has 28 heavy (non-hydrogen) atoms. The van der Waals surface area contributed by atoms with Crippen LogP contribution in [0.2, 0.25) is 0 Å². The number of hydrogen-bond acceptors (Lipinski definition) is 4. The molecule has 1 aromatic carbocycles. The molecule has 2 aliphatic rings. The largest absolute Gasteiger partial charge is 0.375 e. The lowest BCUT2D eigenvalue weighted by atomic mass is 10.1. The number of nitrogens with one attached hydrogen (secondary N) is 1. The van der Waals surface area contributed by atoms with Gasteiger partial charge in [0, 0.05) is 38.8 Å². The van der Waals surface area contributed by atoms with Gasteiger partial charge >= 0.3 is 0 Å². The molecular formula is C22H36N4O2. The first-order chi connectivity index (χ1) is 13.7. The Hall–Kier alpha value is -1.63. The normalized spacial score (nSPS) is 24.6. The fourth-order valence-electron chi connectivity index (χ4n) is 3.80. The second-order valence-corrected chi connectivity index (χ2v) is 7.85. The second kappa shape index (κ2) is 10.8. The van der Waals surface area contributed by atoms with E-state index >= 15 is 0 Å². The Morgan fingerprint density at radius 3 is 2.75 bits per heavy atom. The number of benzene rings is 1. The second-order valence-electron chi connectivity index (χ2n) is 7.85. The van der Waals surface area contributed by atoms with Crippen molar-refractivity contribution in [1.29, 1.82) is 0 Å². The van der Waals surface area contributed by atoms with Crippen LogP contribution in [0.25, 0.3) is 0 Å². The van der Waals surface area contributed by atoms with E-state index in [4.69, 9.17) is 14.5 Å². The van der Waals surface area contributed by atoms with Crippen LogP contribution in [0.15, 0.2) is 35.3 Å². The van der Waals surface area contributed by atoms with Gasteiger partial charge in [0.1, 0.15) is 6.10 Å². The van der Waals surface area contributed by atoms with Crippen molar-refractivity contribution < 1.29 is 9.47 Å². The summed E-state index contributed by atoms with van der Waals surface area (Å²) in [7, 11) is 2.17. The van der Waals surface area contributed by atoms with Crippen LogP contribution in [0.4, 0.5) is 0 Å². The van der Waals surface area contributed by atoms with Crippen LogP contribution < -0.4 is 5.32 Å². The van der Waals surface area contributed by atoms with Gasteiger partial charge in [-0.25, -0.2) is 0 Å². The Balaban J connectivity index is 1.56. The van der Waals surface area contributed by atoms with E-state index in [1.54, 1.807) is 0 Å². The smallest absolute Gasteiger partial charge is 0.194 e. The minimum absolute atomic E-state index is 0.151. The van der Waals surface area contributed by atoms with E-state index in [-0.39, 0.29) is 12.2 Å². The van der Waals surface area contributed by atoms with Gasteiger partial charge in [-0.05, 0) is 39.3 Å². The van der Waals surface area contributed by atoms with Crippen molar-refractivity contribution in [3.8, 4) is 0 Å². The summed E-state index contributed by atoms with van der Waals surface area (Å²) in [5.74, 6) is 0.994. The SMILES string of the molecule is CCNC(=NCC(C)N(C)Cc1ccccc1)N1CCOC(C2CCCO2)C1. The third-order valence-electron chi connectivity index (χ3n) is 5.64. The third kappa shape index (κ3) is 5.93. The Morgan fingerprint density at radius 2 is 2.04 bits per heavy atom. The molecule has 0 radical (unpaired) electrons. The molecule has 1 N–H and O–H groups in total. The number of morpholine rings is 1. The Kier molecular flexibility index (Phi) is 8.13. The molecule has 0 aliphatic carbocycles. The van der Waals surface area contributed by atoms with Crippen LogP contribution in [-0.4, -0.2) is 80.4 Å².